The van der Waals surface area contributed by atoms with E-state index in [0.717, 1.165) is 17.9 Å². The summed E-state index contributed by atoms with van der Waals surface area (Å²) in [7, 11) is 0. The van der Waals surface area contributed by atoms with Crippen molar-refractivity contribution in [3.05, 3.63) is 28.5 Å². The van der Waals surface area contributed by atoms with Gasteiger partial charge in [0.15, 0.2) is 0 Å². The van der Waals surface area contributed by atoms with Gasteiger partial charge in [-0.2, -0.15) is 11.8 Å². The van der Waals surface area contributed by atoms with Crippen LogP contribution in [0.1, 0.15) is 16.9 Å². The molecule has 1 heterocycles. The average Bonchev–Trinajstić information content (AvgIpc) is 2.34. The topological polar surface area (TPSA) is 62.2 Å². The Bertz CT molecular complexity index is 363. The minimum absolute atomic E-state index is 0.166. The number of hydrogen-bond acceptors (Lipinski definition) is 4. The van der Waals surface area contributed by atoms with Gasteiger partial charge in [-0.25, -0.2) is 4.98 Å². The van der Waals surface area contributed by atoms with Crippen LogP contribution in [0.15, 0.2) is 22.8 Å². The lowest BCUT2D eigenvalue weighted by atomic mass is 10.3. The lowest BCUT2D eigenvalue weighted by Crippen LogP contribution is -2.27. The highest BCUT2D eigenvalue weighted by molar-refractivity contribution is 9.10. The fraction of sp³-hybridized carbons (Fsp3) is 0.455. The van der Waals surface area contributed by atoms with Crippen molar-refractivity contribution in [1.29, 1.82) is 0 Å². The summed E-state index contributed by atoms with van der Waals surface area (Å²) in [5.74, 6) is 1.59. The van der Waals surface area contributed by atoms with Crippen molar-refractivity contribution in [2.75, 3.05) is 24.7 Å². The zero-order valence-corrected chi connectivity index (χ0v) is 11.8. The molecule has 0 radical (unpaired) electrons. The van der Waals surface area contributed by atoms with Gasteiger partial charge in [-0.3, -0.25) is 4.79 Å². The molecule has 2 N–H and O–H groups in total. The molecular formula is C11H15BrN2O2S. The van der Waals surface area contributed by atoms with Crippen molar-refractivity contribution < 1.29 is 9.90 Å². The summed E-state index contributed by atoms with van der Waals surface area (Å²) < 4.78 is 0.699. The number of nitrogens with one attached hydrogen (secondary N) is 1. The van der Waals surface area contributed by atoms with E-state index in [1.54, 1.807) is 30.1 Å². The maximum atomic E-state index is 11.7. The Morgan fingerprint density at radius 2 is 2.35 bits per heavy atom. The highest BCUT2D eigenvalue weighted by Gasteiger charge is 2.09. The first kappa shape index (κ1) is 14.5. The second-order valence-electron chi connectivity index (χ2n) is 3.28. The van der Waals surface area contributed by atoms with Crippen LogP contribution in [0.25, 0.3) is 0 Å². The second-order valence-corrected chi connectivity index (χ2v) is 5.36. The van der Waals surface area contributed by atoms with Gasteiger partial charge in [0.25, 0.3) is 5.91 Å². The molecule has 0 spiro atoms. The van der Waals surface area contributed by atoms with Crippen LogP contribution in [0, 0.1) is 0 Å². The fourth-order valence-corrected chi connectivity index (χ4v) is 2.36. The monoisotopic (exact) mass is 318 g/mol. The van der Waals surface area contributed by atoms with Crippen LogP contribution >= 0.6 is 27.7 Å². The summed E-state index contributed by atoms with van der Waals surface area (Å²) >= 11 is 5.00. The zero-order valence-electron chi connectivity index (χ0n) is 9.36. The van der Waals surface area contributed by atoms with Gasteiger partial charge in [0.2, 0.25) is 0 Å². The molecule has 0 aromatic carbocycles. The van der Waals surface area contributed by atoms with Crippen molar-refractivity contribution in [2.24, 2.45) is 0 Å². The van der Waals surface area contributed by atoms with Crippen molar-refractivity contribution >= 4 is 33.6 Å². The normalized spacial score (nSPS) is 10.2. The van der Waals surface area contributed by atoms with Gasteiger partial charge < -0.3 is 10.4 Å². The molecule has 0 saturated carbocycles. The molecule has 0 aliphatic rings. The van der Waals surface area contributed by atoms with Gasteiger partial charge in [-0.05, 0) is 40.2 Å². The van der Waals surface area contributed by atoms with Gasteiger partial charge >= 0.3 is 0 Å². The molecule has 0 saturated heterocycles. The minimum atomic E-state index is -0.166. The third-order valence-corrected chi connectivity index (χ3v) is 3.66. The molecule has 6 heteroatoms. The highest BCUT2D eigenvalue weighted by Crippen LogP contribution is 2.12. The van der Waals surface area contributed by atoms with Crippen LogP contribution in [0.3, 0.4) is 0 Å². The van der Waals surface area contributed by atoms with Crippen LogP contribution < -0.4 is 5.32 Å². The SMILES string of the molecule is O=C(NCCSCCCO)c1ncccc1Br. The van der Waals surface area contributed by atoms with E-state index in [2.05, 4.69) is 26.2 Å². The van der Waals surface area contributed by atoms with Gasteiger partial charge in [-0.15, -0.1) is 0 Å². The summed E-state index contributed by atoms with van der Waals surface area (Å²) in [6.07, 6.45) is 2.39. The highest BCUT2D eigenvalue weighted by atomic mass is 79.9. The second kappa shape index (κ2) is 8.49. The third kappa shape index (κ3) is 5.52. The van der Waals surface area contributed by atoms with E-state index < -0.39 is 0 Å². The Hall–Kier alpha value is -0.590. The van der Waals surface area contributed by atoms with E-state index in [-0.39, 0.29) is 12.5 Å². The van der Waals surface area contributed by atoms with E-state index >= 15 is 0 Å². The lowest BCUT2D eigenvalue weighted by Gasteiger charge is -2.05. The molecule has 1 aromatic heterocycles. The number of aliphatic hydroxyl groups is 1. The molecule has 0 unspecified atom stereocenters. The predicted molar refractivity (Wildman–Crippen MR) is 73.3 cm³/mol. The first-order chi connectivity index (χ1) is 8.25. The van der Waals surface area contributed by atoms with Gasteiger partial charge in [0.05, 0.1) is 0 Å². The van der Waals surface area contributed by atoms with Crippen LogP contribution in [-0.4, -0.2) is 40.7 Å². The molecule has 0 fully saturated rings. The number of aromatic nitrogens is 1. The number of amides is 1. The molecule has 1 amide bonds. The van der Waals surface area contributed by atoms with Crippen LogP contribution in [-0.2, 0) is 0 Å². The Morgan fingerprint density at radius 1 is 1.53 bits per heavy atom. The minimum Gasteiger partial charge on any atom is -0.396 e. The standard InChI is InChI=1S/C11H15BrN2O2S/c12-9-3-1-4-13-10(9)11(16)14-5-8-17-7-2-6-15/h1,3-4,15H,2,5-8H2,(H,14,16). The molecule has 0 atom stereocenters. The Kier molecular flexibility index (Phi) is 7.23. The first-order valence-electron chi connectivity index (χ1n) is 5.33. The Labute approximate surface area is 113 Å². The average molecular weight is 319 g/mol. The largest absolute Gasteiger partial charge is 0.396 e. The van der Waals surface area contributed by atoms with Crippen molar-refractivity contribution in [3.8, 4) is 0 Å². The number of pyridine rings is 1. The summed E-state index contributed by atoms with van der Waals surface area (Å²) in [6, 6.07) is 3.56. The number of aliphatic hydroxyl groups excluding tert-OH is 1. The van der Waals surface area contributed by atoms with E-state index in [4.69, 9.17) is 5.11 Å². The van der Waals surface area contributed by atoms with Crippen LogP contribution in [0.4, 0.5) is 0 Å². The zero-order chi connectivity index (χ0) is 12.5. The fourth-order valence-electron chi connectivity index (χ4n) is 1.14. The Balaban J connectivity index is 2.24. The summed E-state index contributed by atoms with van der Waals surface area (Å²) in [6.45, 7) is 0.832. The molecule has 0 aliphatic carbocycles. The quantitative estimate of drug-likeness (QED) is 0.751. The molecule has 1 rings (SSSR count). The number of thioether (sulfide) groups is 1. The van der Waals surface area contributed by atoms with Crippen molar-refractivity contribution in [3.63, 3.8) is 0 Å². The number of halogens is 1. The predicted octanol–water partition coefficient (Wildman–Crippen LogP) is 1.69. The van der Waals surface area contributed by atoms with Crippen molar-refractivity contribution in [1.82, 2.24) is 10.3 Å². The molecule has 1 aromatic rings. The number of hydrogen-bond donors (Lipinski definition) is 2. The summed E-state index contributed by atoms with van der Waals surface area (Å²) in [5.41, 5.74) is 0.410. The molecule has 0 bridgehead atoms. The van der Waals surface area contributed by atoms with E-state index in [0.29, 0.717) is 16.7 Å². The number of nitrogens with zero attached hydrogens (tertiary/aromatic N) is 1. The third-order valence-electron chi connectivity index (χ3n) is 1.95. The van der Waals surface area contributed by atoms with Gasteiger partial charge in [0, 0.05) is 29.6 Å². The van der Waals surface area contributed by atoms with E-state index in [1.165, 1.54) is 0 Å². The maximum Gasteiger partial charge on any atom is 0.271 e. The Morgan fingerprint density at radius 3 is 3.06 bits per heavy atom. The number of carbonyl (C=O) groups is 1. The smallest absolute Gasteiger partial charge is 0.271 e. The first-order valence-corrected chi connectivity index (χ1v) is 7.28. The molecule has 4 nitrogen and oxygen atoms in total. The van der Waals surface area contributed by atoms with Crippen LogP contribution in [0.5, 0.6) is 0 Å². The maximum absolute atomic E-state index is 11.7. The summed E-state index contributed by atoms with van der Waals surface area (Å²) in [5, 5.41) is 11.4. The number of rotatable bonds is 7. The van der Waals surface area contributed by atoms with E-state index in [1.807, 2.05) is 0 Å². The van der Waals surface area contributed by atoms with E-state index in [9.17, 15) is 4.79 Å². The molecule has 17 heavy (non-hydrogen) atoms. The molecule has 0 aliphatic heterocycles. The van der Waals surface area contributed by atoms with Gasteiger partial charge in [0.1, 0.15) is 5.69 Å². The van der Waals surface area contributed by atoms with Crippen molar-refractivity contribution in [2.45, 2.75) is 6.42 Å². The summed E-state index contributed by atoms with van der Waals surface area (Å²) in [4.78, 5) is 15.7. The molecular weight excluding hydrogens is 304 g/mol. The van der Waals surface area contributed by atoms with Crippen LogP contribution in [0.2, 0.25) is 0 Å². The molecule has 94 valence electrons. The number of carbonyl (C=O) groups excluding carboxylic acids is 1. The lowest BCUT2D eigenvalue weighted by molar-refractivity contribution is 0.0950. The van der Waals surface area contributed by atoms with Gasteiger partial charge in [-0.1, -0.05) is 0 Å².